The van der Waals surface area contributed by atoms with Gasteiger partial charge in [0.05, 0.1) is 0 Å². The molecule has 0 aromatic heterocycles. The van der Waals surface area contributed by atoms with E-state index in [4.69, 9.17) is 0 Å². The van der Waals surface area contributed by atoms with Gasteiger partial charge in [-0.15, -0.1) is 0 Å². The number of hydrogen-bond acceptors (Lipinski definition) is 6. The van der Waals surface area contributed by atoms with Crippen molar-refractivity contribution >= 4 is 0 Å². The van der Waals surface area contributed by atoms with Crippen LogP contribution in [0.3, 0.4) is 0 Å². The molecule has 0 spiro atoms. The lowest BCUT2D eigenvalue weighted by molar-refractivity contribution is 0.329. The van der Waals surface area contributed by atoms with Crippen LogP contribution in [0, 0.1) is 0 Å². The molecular weight excluding hydrogens is 240 g/mol. The van der Waals surface area contributed by atoms with Crippen LogP contribution in [0.4, 0.5) is 0 Å². The lowest BCUT2D eigenvalue weighted by Crippen LogP contribution is -2.40. The summed E-state index contributed by atoms with van der Waals surface area (Å²) < 4.78 is 0. The van der Waals surface area contributed by atoms with Gasteiger partial charge in [0, 0.05) is 78.5 Å². The molecule has 1 aliphatic heterocycles. The van der Waals surface area contributed by atoms with E-state index in [2.05, 4.69) is 38.5 Å². The van der Waals surface area contributed by atoms with Crippen molar-refractivity contribution in [2.75, 3.05) is 85.6 Å². The highest BCUT2D eigenvalue weighted by Crippen LogP contribution is 1.79. The molecule has 1 saturated heterocycles. The Morgan fingerprint density at radius 3 is 1.05 bits per heavy atom. The average Bonchev–Trinajstić information content (AvgIpc) is 2.41. The first kappa shape index (κ1) is 16.8. The first-order valence-electron chi connectivity index (χ1n) is 7.62. The van der Waals surface area contributed by atoms with E-state index in [1.807, 2.05) is 0 Å². The van der Waals surface area contributed by atoms with Gasteiger partial charge in [0.2, 0.25) is 0 Å². The third-order valence-electron chi connectivity index (χ3n) is 3.25. The van der Waals surface area contributed by atoms with E-state index >= 15 is 0 Å². The van der Waals surface area contributed by atoms with Crippen LogP contribution in [0.15, 0.2) is 0 Å². The fourth-order valence-electron chi connectivity index (χ4n) is 1.98. The molecule has 0 bridgehead atoms. The Bertz CT molecular complexity index is 172. The minimum atomic E-state index is 1.04. The summed E-state index contributed by atoms with van der Waals surface area (Å²) >= 11 is 0. The van der Waals surface area contributed by atoms with Crippen molar-refractivity contribution in [3.8, 4) is 0 Å². The van der Waals surface area contributed by atoms with E-state index in [1.54, 1.807) is 0 Å². The van der Waals surface area contributed by atoms with Crippen molar-refractivity contribution in [1.82, 2.24) is 31.5 Å². The van der Waals surface area contributed by atoms with Crippen LogP contribution >= 0.6 is 0 Å². The quantitative estimate of drug-likeness (QED) is 0.348. The Hall–Kier alpha value is -0.240. The number of nitrogens with one attached hydrogen (secondary N) is 5. The molecule has 0 aromatic rings. The highest BCUT2D eigenvalue weighted by molar-refractivity contribution is 4.61. The molecule has 1 aliphatic rings. The zero-order valence-electron chi connectivity index (χ0n) is 12.4. The van der Waals surface area contributed by atoms with Crippen LogP contribution < -0.4 is 26.6 Å². The van der Waals surface area contributed by atoms with Crippen molar-refractivity contribution < 1.29 is 0 Å². The summed E-state index contributed by atoms with van der Waals surface area (Å²) in [6.07, 6.45) is 0. The number of rotatable bonds is 0. The van der Waals surface area contributed by atoms with Crippen molar-refractivity contribution in [3.63, 3.8) is 0 Å². The van der Waals surface area contributed by atoms with Gasteiger partial charge in [-0.3, -0.25) is 0 Å². The van der Waals surface area contributed by atoms with Crippen molar-refractivity contribution in [3.05, 3.63) is 0 Å². The Kier molecular flexibility index (Phi) is 11.3. The molecule has 0 unspecified atom stereocenters. The topological polar surface area (TPSA) is 63.4 Å². The van der Waals surface area contributed by atoms with E-state index in [-0.39, 0.29) is 0 Å². The van der Waals surface area contributed by atoms with Gasteiger partial charge in [0.1, 0.15) is 0 Å². The van der Waals surface area contributed by atoms with Gasteiger partial charge in [0.15, 0.2) is 0 Å². The zero-order valence-corrected chi connectivity index (χ0v) is 12.4. The largest absolute Gasteiger partial charge is 0.314 e. The zero-order chi connectivity index (χ0) is 13.6. The molecule has 19 heavy (non-hydrogen) atoms. The fraction of sp³-hybridized carbons (Fsp3) is 1.00. The van der Waals surface area contributed by atoms with Gasteiger partial charge >= 0.3 is 0 Å². The Labute approximate surface area is 118 Å². The van der Waals surface area contributed by atoms with Gasteiger partial charge in [-0.05, 0) is 7.05 Å². The molecule has 1 heterocycles. The Morgan fingerprint density at radius 2 is 0.737 bits per heavy atom. The van der Waals surface area contributed by atoms with Gasteiger partial charge in [0.25, 0.3) is 0 Å². The van der Waals surface area contributed by atoms with Crippen LogP contribution in [0.1, 0.15) is 0 Å². The molecule has 6 heteroatoms. The van der Waals surface area contributed by atoms with Gasteiger partial charge in [-0.2, -0.15) is 0 Å². The summed E-state index contributed by atoms with van der Waals surface area (Å²) in [5.74, 6) is 0. The molecule has 6 nitrogen and oxygen atoms in total. The summed E-state index contributed by atoms with van der Waals surface area (Å²) in [6.45, 7) is 12.7. The molecule has 0 aromatic carbocycles. The minimum Gasteiger partial charge on any atom is -0.314 e. The first-order valence-corrected chi connectivity index (χ1v) is 7.62. The predicted octanol–water partition coefficient (Wildman–Crippen LogP) is -2.12. The summed E-state index contributed by atoms with van der Waals surface area (Å²) in [5.41, 5.74) is 0. The van der Waals surface area contributed by atoms with E-state index in [9.17, 15) is 0 Å². The summed E-state index contributed by atoms with van der Waals surface area (Å²) in [4.78, 5) is 2.37. The minimum absolute atomic E-state index is 1.04. The van der Waals surface area contributed by atoms with E-state index in [0.717, 1.165) is 78.5 Å². The van der Waals surface area contributed by atoms with Crippen LogP contribution in [0.5, 0.6) is 0 Å². The second kappa shape index (κ2) is 12.8. The van der Waals surface area contributed by atoms with Crippen molar-refractivity contribution in [1.29, 1.82) is 0 Å². The second-order valence-corrected chi connectivity index (χ2v) is 5.05. The molecule has 0 aliphatic carbocycles. The molecule has 0 radical (unpaired) electrons. The summed E-state index contributed by atoms with van der Waals surface area (Å²) in [5, 5.41) is 17.2. The maximum absolute atomic E-state index is 3.46. The number of hydrogen-bond donors (Lipinski definition) is 5. The molecule has 0 atom stereocenters. The van der Waals surface area contributed by atoms with E-state index < -0.39 is 0 Å². The van der Waals surface area contributed by atoms with Crippen LogP contribution in [-0.2, 0) is 0 Å². The highest BCUT2D eigenvalue weighted by atomic mass is 15.1. The third kappa shape index (κ3) is 11.3. The van der Waals surface area contributed by atoms with Gasteiger partial charge < -0.3 is 31.5 Å². The molecule has 5 N–H and O–H groups in total. The number of nitrogens with zero attached hydrogens (tertiary/aromatic N) is 1. The Balaban J connectivity index is 2.08. The van der Waals surface area contributed by atoms with Crippen LogP contribution in [-0.4, -0.2) is 90.5 Å². The maximum Gasteiger partial charge on any atom is 0.0104 e. The molecular formula is C13H32N6. The van der Waals surface area contributed by atoms with Crippen molar-refractivity contribution in [2.24, 2.45) is 0 Å². The molecule has 114 valence electrons. The van der Waals surface area contributed by atoms with E-state index in [1.165, 1.54) is 0 Å². The maximum atomic E-state index is 3.46. The predicted molar refractivity (Wildman–Crippen MR) is 81.8 cm³/mol. The standard InChI is InChI=1S/C13H32N6/c1-19-12-10-17-8-6-15-4-2-14-3-5-16-7-9-18-11-13-19/h14-18H,2-13H2,1H3. The molecule has 1 fully saturated rings. The van der Waals surface area contributed by atoms with Crippen molar-refractivity contribution in [2.45, 2.75) is 0 Å². The van der Waals surface area contributed by atoms with Crippen LogP contribution in [0.2, 0.25) is 0 Å². The van der Waals surface area contributed by atoms with Gasteiger partial charge in [-0.1, -0.05) is 0 Å². The van der Waals surface area contributed by atoms with Crippen LogP contribution in [0.25, 0.3) is 0 Å². The highest BCUT2D eigenvalue weighted by Gasteiger charge is 1.98. The molecule has 1 rings (SSSR count). The first-order chi connectivity index (χ1) is 9.39. The third-order valence-corrected chi connectivity index (χ3v) is 3.25. The normalized spacial score (nSPS) is 24.5. The smallest absolute Gasteiger partial charge is 0.0104 e. The second-order valence-electron chi connectivity index (χ2n) is 5.05. The lowest BCUT2D eigenvalue weighted by Gasteiger charge is -2.17. The van der Waals surface area contributed by atoms with E-state index in [0.29, 0.717) is 0 Å². The summed E-state index contributed by atoms with van der Waals surface area (Å²) in [7, 11) is 2.18. The monoisotopic (exact) mass is 272 g/mol. The molecule has 0 amide bonds. The van der Waals surface area contributed by atoms with Gasteiger partial charge in [-0.25, -0.2) is 0 Å². The molecule has 0 saturated carbocycles. The summed E-state index contributed by atoms with van der Waals surface area (Å²) in [6, 6.07) is 0. The lowest BCUT2D eigenvalue weighted by atomic mass is 10.4. The fourth-order valence-corrected chi connectivity index (χ4v) is 1.98. The Morgan fingerprint density at radius 1 is 0.474 bits per heavy atom. The SMILES string of the molecule is CN1CCNCCNCCNCCNCCNCC1. The average molecular weight is 272 g/mol. The number of likely N-dealkylation sites (N-methyl/N-ethyl adjacent to an activating group) is 1.